The number of benzene rings is 1. The van der Waals surface area contributed by atoms with Crippen LogP contribution in [0.4, 0.5) is 0 Å². The van der Waals surface area contributed by atoms with Gasteiger partial charge in [-0.3, -0.25) is 0 Å². The number of ether oxygens (including phenoxy) is 2. The van der Waals surface area contributed by atoms with Gasteiger partial charge in [0.15, 0.2) is 5.79 Å². The lowest BCUT2D eigenvalue weighted by Crippen LogP contribution is -2.41. The zero-order valence-corrected chi connectivity index (χ0v) is 13.3. The molecule has 0 unspecified atom stereocenters. The van der Waals surface area contributed by atoms with E-state index in [0.29, 0.717) is 0 Å². The van der Waals surface area contributed by atoms with Gasteiger partial charge in [-0.25, -0.2) is 0 Å². The number of fused-ring (bicyclic) bond motifs is 2. The lowest BCUT2D eigenvalue weighted by molar-refractivity contribution is -0.182. The second-order valence-electron chi connectivity index (χ2n) is 6.22. The molecule has 1 heterocycles. The first-order valence-corrected chi connectivity index (χ1v) is 8.20. The fourth-order valence-corrected chi connectivity index (χ4v) is 4.87. The lowest BCUT2D eigenvalue weighted by atomic mass is 9.69. The summed E-state index contributed by atoms with van der Waals surface area (Å²) in [6.07, 6.45) is 6.49. The number of rotatable bonds is 0. The van der Waals surface area contributed by atoms with Crippen molar-refractivity contribution >= 4 is 22.0 Å². The van der Waals surface area contributed by atoms with Crippen LogP contribution in [-0.2, 0) is 14.9 Å². The minimum atomic E-state index is -0.287. The third-order valence-electron chi connectivity index (χ3n) is 5.25. The van der Waals surface area contributed by atoms with Gasteiger partial charge in [0.1, 0.15) is 0 Å². The van der Waals surface area contributed by atoms with Crippen LogP contribution < -0.4 is 0 Å². The predicted molar refractivity (Wildman–Crippen MR) is 82.9 cm³/mol. The topological polar surface area (TPSA) is 18.5 Å². The highest BCUT2D eigenvalue weighted by Crippen LogP contribution is 2.56. The van der Waals surface area contributed by atoms with E-state index in [1.807, 2.05) is 0 Å². The Morgan fingerprint density at radius 1 is 1.05 bits per heavy atom. The molecule has 2 spiro atoms. The van der Waals surface area contributed by atoms with Crippen LogP contribution in [0.15, 0.2) is 22.7 Å². The SMILES string of the molecule is Cc1cccc2c1C=C(Br)C21CCC2(CC1)OCCO2. The Hall–Kier alpha value is -0.640. The first-order chi connectivity index (χ1) is 9.65. The van der Waals surface area contributed by atoms with Crippen molar-refractivity contribution < 1.29 is 9.47 Å². The van der Waals surface area contributed by atoms with E-state index in [4.69, 9.17) is 9.47 Å². The molecule has 2 nitrogen and oxygen atoms in total. The van der Waals surface area contributed by atoms with Crippen LogP contribution in [0.1, 0.15) is 42.4 Å². The summed E-state index contributed by atoms with van der Waals surface area (Å²) in [6, 6.07) is 6.67. The smallest absolute Gasteiger partial charge is 0.168 e. The second kappa shape index (κ2) is 4.43. The zero-order chi connectivity index (χ0) is 13.8. The maximum Gasteiger partial charge on any atom is 0.168 e. The van der Waals surface area contributed by atoms with Crippen LogP contribution in [0, 0.1) is 6.92 Å². The third-order valence-corrected chi connectivity index (χ3v) is 6.23. The highest BCUT2D eigenvalue weighted by Gasteiger charge is 2.50. The molecule has 1 saturated heterocycles. The number of allylic oxidation sites excluding steroid dienone is 1. The molecule has 1 saturated carbocycles. The largest absolute Gasteiger partial charge is 0.348 e. The summed E-state index contributed by atoms with van der Waals surface area (Å²) in [7, 11) is 0. The summed E-state index contributed by atoms with van der Waals surface area (Å²) >= 11 is 3.85. The van der Waals surface area contributed by atoms with E-state index in [1.165, 1.54) is 21.2 Å². The predicted octanol–water partition coefficient (Wildman–Crippen LogP) is 4.30. The van der Waals surface area contributed by atoms with Crippen LogP contribution >= 0.6 is 15.9 Å². The van der Waals surface area contributed by atoms with Crippen LogP contribution in [0.5, 0.6) is 0 Å². The minimum absolute atomic E-state index is 0.155. The highest BCUT2D eigenvalue weighted by atomic mass is 79.9. The minimum Gasteiger partial charge on any atom is -0.348 e. The van der Waals surface area contributed by atoms with Crippen molar-refractivity contribution in [2.45, 2.75) is 43.8 Å². The Morgan fingerprint density at radius 2 is 1.75 bits per heavy atom. The molecule has 2 fully saturated rings. The van der Waals surface area contributed by atoms with Gasteiger partial charge in [0.25, 0.3) is 0 Å². The Balaban J connectivity index is 1.70. The molecule has 0 atom stereocenters. The van der Waals surface area contributed by atoms with Gasteiger partial charge in [0.2, 0.25) is 0 Å². The van der Waals surface area contributed by atoms with Crippen LogP contribution in [0.25, 0.3) is 6.08 Å². The quantitative estimate of drug-likeness (QED) is 0.704. The monoisotopic (exact) mass is 334 g/mol. The maximum absolute atomic E-state index is 5.87. The van der Waals surface area contributed by atoms with Crippen LogP contribution in [0.3, 0.4) is 0 Å². The molecule has 0 aromatic heterocycles. The number of aryl methyl sites for hydroxylation is 1. The average Bonchev–Trinajstić information content (AvgIpc) is 3.00. The molecule has 2 aliphatic carbocycles. The molecule has 4 rings (SSSR count). The standard InChI is InChI=1S/C17H19BrO2/c1-12-3-2-4-14-13(12)11-15(18)16(14)5-7-17(8-6-16)19-9-10-20-17/h2-4,11H,5-10H2,1H3. The van der Waals surface area contributed by atoms with Crippen molar-refractivity contribution in [2.75, 3.05) is 13.2 Å². The summed E-state index contributed by atoms with van der Waals surface area (Å²) in [5.74, 6) is -0.287. The number of halogens is 1. The van der Waals surface area contributed by atoms with E-state index in [0.717, 1.165) is 38.9 Å². The van der Waals surface area contributed by atoms with Gasteiger partial charge in [0, 0.05) is 22.7 Å². The summed E-state index contributed by atoms with van der Waals surface area (Å²) in [5, 5.41) is 0. The number of hydrogen-bond donors (Lipinski definition) is 0. The molecule has 0 N–H and O–H groups in total. The van der Waals surface area contributed by atoms with Gasteiger partial charge in [-0.15, -0.1) is 0 Å². The molecule has 1 aromatic carbocycles. The van der Waals surface area contributed by atoms with E-state index < -0.39 is 0 Å². The normalized spacial score (nSPS) is 26.0. The van der Waals surface area contributed by atoms with Crippen molar-refractivity contribution in [3.63, 3.8) is 0 Å². The van der Waals surface area contributed by atoms with E-state index >= 15 is 0 Å². The fraction of sp³-hybridized carbons (Fsp3) is 0.529. The summed E-state index contributed by atoms with van der Waals surface area (Å²) in [5.41, 5.74) is 4.41. The molecule has 0 bridgehead atoms. The first kappa shape index (κ1) is 13.1. The molecular weight excluding hydrogens is 316 g/mol. The van der Waals surface area contributed by atoms with Gasteiger partial charge in [0.05, 0.1) is 13.2 Å². The van der Waals surface area contributed by atoms with Gasteiger partial charge >= 0.3 is 0 Å². The van der Waals surface area contributed by atoms with Gasteiger partial charge in [-0.05, 0) is 42.5 Å². The molecule has 0 amide bonds. The molecular formula is C17H19BrO2. The highest BCUT2D eigenvalue weighted by molar-refractivity contribution is 9.11. The molecule has 3 heteroatoms. The van der Waals surface area contributed by atoms with Crippen LogP contribution in [-0.4, -0.2) is 19.0 Å². The van der Waals surface area contributed by atoms with Gasteiger partial charge in [-0.1, -0.05) is 34.1 Å². The molecule has 0 radical (unpaired) electrons. The zero-order valence-electron chi connectivity index (χ0n) is 11.7. The maximum atomic E-state index is 5.87. The number of hydrogen-bond acceptors (Lipinski definition) is 2. The summed E-state index contributed by atoms with van der Waals surface area (Å²) in [6.45, 7) is 3.70. The van der Waals surface area contributed by atoms with Crippen molar-refractivity contribution in [3.05, 3.63) is 39.4 Å². The van der Waals surface area contributed by atoms with Crippen molar-refractivity contribution in [1.82, 2.24) is 0 Å². The Morgan fingerprint density at radius 3 is 2.45 bits per heavy atom. The molecule has 3 aliphatic rings. The average molecular weight is 335 g/mol. The van der Waals surface area contributed by atoms with Crippen LogP contribution in [0.2, 0.25) is 0 Å². The van der Waals surface area contributed by atoms with E-state index in [1.54, 1.807) is 0 Å². The lowest BCUT2D eigenvalue weighted by Gasteiger charge is -2.42. The Labute approximate surface area is 128 Å². The Bertz CT molecular complexity index is 575. The molecule has 106 valence electrons. The van der Waals surface area contributed by atoms with E-state index in [9.17, 15) is 0 Å². The van der Waals surface area contributed by atoms with Crippen molar-refractivity contribution in [1.29, 1.82) is 0 Å². The fourth-order valence-electron chi connectivity index (χ4n) is 4.03. The summed E-state index contributed by atoms with van der Waals surface area (Å²) in [4.78, 5) is 0. The van der Waals surface area contributed by atoms with Gasteiger partial charge < -0.3 is 9.47 Å². The second-order valence-corrected chi connectivity index (χ2v) is 7.07. The van der Waals surface area contributed by atoms with Crippen molar-refractivity contribution in [2.24, 2.45) is 0 Å². The van der Waals surface area contributed by atoms with Crippen molar-refractivity contribution in [3.8, 4) is 0 Å². The van der Waals surface area contributed by atoms with E-state index in [-0.39, 0.29) is 11.2 Å². The Kier molecular flexibility index (Phi) is 2.89. The molecule has 1 aliphatic heterocycles. The summed E-state index contributed by atoms with van der Waals surface area (Å²) < 4.78 is 13.1. The van der Waals surface area contributed by atoms with E-state index in [2.05, 4.69) is 47.1 Å². The van der Waals surface area contributed by atoms with Gasteiger partial charge in [-0.2, -0.15) is 0 Å². The third kappa shape index (κ3) is 1.69. The molecule has 1 aromatic rings. The molecule has 20 heavy (non-hydrogen) atoms. The first-order valence-electron chi connectivity index (χ1n) is 7.41.